The van der Waals surface area contributed by atoms with Crippen LogP contribution in [0.4, 0.5) is 0 Å². The number of methoxy groups -OCH3 is 2. The summed E-state index contributed by atoms with van der Waals surface area (Å²) in [6.07, 6.45) is 3.11. The van der Waals surface area contributed by atoms with Crippen LogP contribution >= 0.6 is 0 Å². The van der Waals surface area contributed by atoms with Gasteiger partial charge in [0.25, 0.3) is 0 Å². The van der Waals surface area contributed by atoms with E-state index in [4.69, 9.17) is 14.2 Å². The molecule has 0 spiro atoms. The van der Waals surface area contributed by atoms with Crippen molar-refractivity contribution in [3.8, 4) is 5.75 Å². The molecule has 5 heteroatoms. The first kappa shape index (κ1) is 15.8. The molecule has 1 N–H and O–H groups in total. The van der Waals surface area contributed by atoms with Crippen LogP contribution in [0.25, 0.3) is 0 Å². The minimum absolute atomic E-state index is 0.278. The molecule has 0 radical (unpaired) electrons. The Morgan fingerprint density at radius 3 is 2.57 bits per heavy atom. The molecule has 1 fully saturated rings. The van der Waals surface area contributed by atoms with Crippen molar-refractivity contribution in [2.45, 2.75) is 31.3 Å². The summed E-state index contributed by atoms with van der Waals surface area (Å²) in [5.41, 5.74) is 1.20. The number of esters is 1. The van der Waals surface area contributed by atoms with Gasteiger partial charge in [-0.3, -0.25) is 10.1 Å². The molecule has 1 atom stereocenters. The fourth-order valence-electron chi connectivity index (χ4n) is 2.01. The fraction of sp³-hybridized carbons (Fsp3) is 0.562. The van der Waals surface area contributed by atoms with E-state index in [1.165, 1.54) is 12.7 Å². The number of benzene rings is 1. The van der Waals surface area contributed by atoms with E-state index in [1.54, 1.807) is 7.11 Å². The van der Waals surface area contributed by atoms with Crippen LogP contribution in [-0.4, -0.2) is 45.5 Å². The highest BCUT2D eigenvalue weighted by Crippen LogP contribution is 2.20. The highest BCUT2D eigenvalue weighted by molar-refractivity contribution is 5.75. The van der Waals surface area contributed by atoms with E-state index in [-0.39, 0.29) is 12.6 Å². The standard InChI is InChI=1S/C16H23NO4/c1-19-10-9-12-3-7-14(8-4-12)21-11-15(16(18)20-2)17-13-5-6-13/h3-4,7-8,13,15,17H,5-6,9-11H2,1-2H3. The van der Waals surface area contributed by atoms with Crippen molar-refractivity contribution in [3.63, 3.8) is 0 Å². The molecule has 1 aromatic carbocycles. The Labute approximate surface area is 125 Å². The normalized spacial score (nSPS) is 15.5. The van der Waals surface area contributed by atoms with Crippen LogP contribution in [0, 0.1) is 0 Å². The lowest BCUT2D eigenvalue weighted by atomic mass is 10.1. The summed E-state index contributed by atoms with van der Waals surface area (Å²) in [5, 5.41) is 3.24. The molecular weight excluding hydrogens is 270 g/mol. The molecule has 0 heterocycles. The van der Waals surface area contributed by atoms with Gasteiger partial charge in [-0.15, -0.1) is 0 Å². The maximum absolute atomic E-state index is 11.7. The van der Waals surface area contributed by atoms with Gasteiger partial charge in [0.2, 0.25) is 0 Å². The van der Waals surface area contributed by atoms with E-state index in [0.717, 1.165) is 25.0 Å². The van der Waals surface area contributed by atoms with Gasteiger partial charge in [-0.05, 0) is 37.0 Å². The third-order valence-corrected chi connectivity index (χ3v) is 3.43. The number of hydrogen-bond donors (Lipinski definition) is 1. The lowest BCUT2D eigenvalue weighted by molar-refractivity contribution is -0.144. The van der Waals surface area contributed by atoms with Crippen LogP contribution in [0.5, 0.6) is 5.75 Å². The van der Waals surface area contributed by atoms with Crippen LogP contribution < -0.4 is 10.1 Å². The molecular formula is C16H23NO4. The average molecular weight is 293 g/mol. The van der Waals surface area contributed by atoms with Crippen molar-refractivity contribution in [3.05, 3.63) is 29.8 Å². The zero-order chi connectivity index (χ0) is 15.1. The molecule has 1 aliphatic carbocycles. The molecule has 2 rings (SSSR count). The molecule has 1 aromatic rings. The van der Waals surface area contributed by atoms with E-state index in [1.807, 2.05) is 24.3 Å². The van der Waals surface area contributed by atoms with E-state index in [9.17, 15) is 4.79 Å². The van der Waals surface area contributed by atoms with Crippen molar-refractivity contribution < 1.29 is 19.0 Å². The highest BCUT2D eigenvalue weighted by atomic mass is 16.5. The Kier molecular flexibility index (Phi) is 6.02. The van der Waals surface area contributed by atoms with E-state index in [0.29, 0.717) is 12.6 Å². The van der Waals surface area contributed by atoms with Crippen molar-refractivity contribution >= 4 is 5.97 Å². The number of carbonyl (C=O) groups excluding carboxylic acids is 1. The van der Waals surface area contributed by atoms with Gasteiger partial charge in [0.15, 0.2) is 0 Å². The van der Waals surface area contributed by atoms with Gasteiger partial charge < -0.3 is 14.2 Å². The van der Waals surface area contributed by atoms with Gasteiger partial charge in [0.05, 0.1) is 13.7 Å². The number of rotatable bonds is 9. The summed E-state index contributed by atoms with van der Waals surface area (Å²) in [6.45, 7) is 0.983. The van der Waals surface area contributed by atoms with Gasteiger partial charge in [-0.25, -0.2) is 0 Å². The number of hydrogen-bond acceptors (Lipinski definition) is 5. The molecule has 0 aliphatic heterocycles. The Balaban J connectivity index is 1.83. The zero-order valence-electron chi connectivity index (χ0n) is 12.6. The topological polar surface area (TPSA) is 56.8 Å². The number of carbonyl (C=O) groups is 1. The van der Waals surface area contributed by atoms with Crippen molar-refractivity contribution in [1.29, 1.82) is 0 Å². The molecule has 21 heavy (non-hydrogen) atoms. The van der Waals surface area contributed by atoms with Gasteiger partial charge in [0, 0.05) is 13.2 Å². The maximum atomic E-state index is 11.7. The highest BCUT2D eigenvalue weighted by Gasteiger charge is 2.29. The lowest BCUT2D eigenvalue weighted by Gasteiger charge is -2.17. The largest absolute Gasteiger partial charge is 0.491 e. The Hall–Kier alpha value is -1.59. The fourth-order valence-corrected chi connectivity index (χ4v) is 2.01. The van der Waals surface area contributed by atoms with Crippen LogP contribution in [0.1, 0.15) is 18.4 Å². The van der Waals surface area contributed by atoms with Crippen LogP contribution in [0.15, 0.2) is 24.3 Å². The van der Waals surface area contributed by atoms with Gasteiger partial charge in [-0.1, -0.05) is 12.1 Å². The molecule has 0 aromatic heterocycles. The molecule has 1 unspecified atom stereocenters. The minimum atomic E-state index is -0.407. The lowest BCUT2D eigenvalue weighted by Crippen LogP contribution is -2.43. The molecule has 0 amide bonds. The summed E-state index contributed by atoms with van der Waals surface area (Å²) in [4.78, 5) is 11.7. The summed E-state index contributed by atoms with van der Waals surface area (Å²) in [5.74, 6) is 0.473. The monoisotopic (exact) mass is 293 g/mol. The third-order valence-electron chi connectivity index (χ3n) is 3.43. The second-order valence-electron chi connectivity index (χ2n) is 5.21. The molecule has 1 aliphatic rings. The summed E-state index contributed by atoms with van der Waals surface area (Å²) < 4.78 is 15.5. The molecule has 5 nitrogen and oxygen atoms in total. The Morgan fingerprint density at radius 1 is 1.29 bits per heavy atom. The van der Waals surface area contributed by atoms with Gasteiger partial charge >= 0.3 is 5.97 Å². The minimum Gasteiger partial charge on any atom is -0.491 e. The quantitative estimate of drug-likeness (QED) is 0.700. The first-order chi connectivity index (χ1) is 10.2. The third kappa shape index (κ3) is 5.36. The summed E-state index contributed by atoms with van der Waals surface area (Å²) in [6, 6.07) is 7.86. The number of nitrogens with one attached hydrogen (secondary N) is 1. The average Bonchev–Trinajstić information content (AvgIpc) is 3.33. The zero-order valence-corrected chi connectivity index (χ0v) is 12.6. The molecule has 0 saturated heterocycles. The van der Waals surface area contributed by atoms with Crippen molar-refractivity contribution in [1.82, 2.24) is 5.32 Å². The second kappa shape index (κ2) is 8.00. The Morgan fingerprint density at radius 2 is 2.00 bits per heavy atom. The van der Waals surface area contributed by atoms with Gasteiger partial charge in [-0.2, -0.15) is 0 Å². The molecule has 1 saturated carbocycles. The predicted molar refractivity (Wildman–Crippen MR) is 79.5 cm³/mol. The second-order valence-corrected chi connectivity index (χ2v) is 5.21. The Bertz CT molecular complexity index is 442. The molecule has 0 bridgehead atoms. The summed E-state index contributed by atoms with van der Waals surface area (Å²) in [7, 11) is 3.09. The summed E-state index contributed by atoms with van der Waals surface area (Å²) >= 11 is 0. The maximum Gasteiger partial charge on any atom is 0.326 e. The van der Waals surface area contributed by atoms with Crippen LogP contribution in [0.2, 0.25) is 0 Å². The van der Waals surface area contributed by atoms with Gasteiger partial charge in [0.1, 0.15) is 18.4 Å². The van der Waals surface area contributed by atoms with Crippen LogP contribution in [-0.2, 0) is 20.7 Å². The first-order valence-corrected chi connectivity index (χ1v) is 7.27. The predicted octanol–water partition coefficient (Wildman–Crippen LogP) is 1.55. The van der Waals surface area contributed by atoms with E-state index in [2.05, 4.69) is 5.32 Å². The van der Waals surface area contributed by atoms with Crippen molar-refractivity contribution in [2.24, 2.45) is 0 Å². The smallest absolute Gasteiger partial charge is 0.326 e. The number of ether oxygens (including phenoxy) is 3. The first-order valence-electron chi connectivity index (χ1n) is 7.27. The van der Waals surface area contributed by atoms with E-state index < -0.39 is 6.04 Å². The van der Waals surface area contributed by atoms with E-state index >= 15 is 0 Å². The molecule has 116 valence electrons. The SMILES string of the molecule is COCCc1ccc(OCC(NC2CC2)C(=O)OC)cc1. The van der Waals surface area contributed by atoms with Crippen molar-refractivity contribution in [2.75, 3.05) is 27.4 Å². The van der Waals surface area contributed by atoms with Crippen LogP contribution in [0.3, 0.4) is 0 Å².